The molecule has 0 aliphatic carbocycles. The number of rotatable bonds is 11. The summed E-state index contributed by atoms with van der Waals surface area (Å²) in [5.74, 6) is -0.228. The molecule has 0 saturated carbocycles. The molecule has 0 unspecified atom stereocenters. The highest BCUT2D eigenvalue weighted by molar-refractivity contribution is 7.99. The van der Waals surface area contributed by atoms with E-state index in [4.69, 9.17) is 4.98 Å². The summed E-state index contributed by atoms with van der Waals surface area (Å²) in [6.45, 7) is 0.396. The van der Waals surface area contributed by atoms with E-state index in [1.165, 1.54) is 11.0 Å². The minimum absolute atomic E-state index is 0.0862. The van der Waals surface area contributed by atoms with Crippen molar-refractivity contribution in [1.29, 1.82) is 0 Å². The third-order valence-corrected chi connectivity index (χ3v) is 7.36. The van der Waals surface area contributed by atoms with Gasteiger partial charge in [-0.3, -0.25) is 4.90 Å². The predicted octanol–water partition coefficient (Wildman–Crippen LogP) is 8.42. The molecule has 3 aromatic carbocycles. The average molecular weight is 570 g/mol. The van der Waals surface area contributed by atoms with Crippen LogP contribution >= 0.6 is 11.8 Å². The highest BCUT2D eigenvalue weighted by Gasteiger charge is 2.19. The zero-order valence-electron chi connectivity index (χ0n) is 22.3. The summed E-state index contributed by atoms with van der Waals surface area (Å²) < 4.78 is 27.4. The Bertz CT molecular complexity index is 1510. The van der Waals surface area contributed by atoms with Crippen LogP contribution in [0.4, 0.5) is 25.1 Å². The lowest BCUT2D eigenvalue weighted by Crippen LogP contribution is -2.36. The largest absolute Gasteiger partial charge is 0.332 e. The molecule has 2 heterocycles. The molecule has 0 bridgehead atoms. The van der Waals surface area contributed by atoms with Crippen LogP contribution in [-0.2, 0) is 0 Å². The molecule has 208 valence electrons. The lowest BCUT2D eigenvalue weighted by molar-refractivity contribution is 0.256. The highest BCUT2D eigenvalue weighted by Crippen LogP contribution is 2.33. The van der Waals surface area contributed by atoms with E-state index >= 15 is 0 Å². The molecule has 6 nitrogen and oxygen atoms in total. The number of nitrogens with zero attached hydrogens (tertiary/aromatic N) is 3. The number of imidazole rings is 1. The number of nitrogens with one attached hydrogen (secondary N) is 2. The van der Waals surface area contributed by atoms with Crippen LogP contribution in [0, 0.1) is 11.6 Å². The van der Waals surface area contributed by atoms with Gasteiger partial charge < -0.3 is 10.3 Å². The van der Waals surface area contributed by atoms with Crippen LogP contribution in [0.2, 0.25) is 0 Å². The molecular formula is C32H29F2N5OS. The maximum atomic E-state index is 14.1. The predicted molar refractivity (Wildman–Crippen MR) is 161 cm³/mol. The number of aromatic amines is 1. The van der Waals surface area contributed by atoms with E-state index < -0.39 is 17.7 Å². The van der Waals surface area contributed by atoms with E-state index in [2.05, 4.69) is 39.6 Å². The van der Waals surface area contributed by atoms with Gasteiger partial charge in [-0.2, -0.15) is 0 Å². The van der Waals surface area contributed by atoms with E-state index in [0.29, 0.717) is 12.4 Å². The standard InChI is InChI=1S/C32H29F2N5OS/c33-25-17-18-27(26(34)22-25)36-32(40)39(28-16-8-9-19-35-28)20-10-3-11-21-41-31-37-29(23-12-4-1-5-13-23)30(38-31)24-14-6-2-7-15-24/h1-2,4-9,12-19,22H,3,10-11,20-21H2,(H,36,40)(H,37,38). The number of urea groups is 1. The van der Waals surface area contributed by atoms with Crippen molar-refractivity contribution in [2.24, 2.45) is 0 Å². The number of carbonyl (C=O) groups excluding carboxylic acids is 1. The van der Waals surface area contributed by atoms with Crippen LogP contribution in [0.25, 0.3) is 22.5 Å². The van der Waals surface area contributed by atoms with Crippen LogP contribution in [-0.4, -0.2) is 33.3 Å². The zero-order chi connectivity index (χ0) is 28.4. The molecule has 2 amide bonds. The fourth-order valence-electron chi connectivity index (χ4n) is 4.36. The van der Waals surface area contributed by atoms with Crippen LogP contribution in [0.3, 0.4) is 0 Å². The minimum Gasteiger partial charge on any atom is -0.332 e. The lowest BCUT2D eigenvalue weighted by Gasteiger charge is -2.22. The van der Waals surface area contributed by atoms with Gasteiger partial charge in [0.1, 0.15) is 17.5 Å². The number of anilines is 2. The van der Waals surface area contributed by atoms with Gasteiger partial charge in [0.25, 0.3) is 0 Å². The van der Waals surface area contributed by atoms with Gasteiger partial charge in [-0.05, 0) is 37.1 Å². The third-order valence-electron chi connectivity index (χ3n) is 6.40. The summed E-state index contributed by atoms with van der Waals surface area (Å²) in [7, 11) is 0. The number of hydrogen-bond acceptors (Lipinski definition) is 4. The fourth-order valence-corrected chi connectivity index (χ4v) is 5.24. The van der Waals surface area contributed by atoms with E-state index in [1.807, 2.05) is 36.4 Å². The molecule has 0 fully saturated rings. The van der Waals surface area contributed by atoms with Crippen LogP contribution < -0.4 is 10.2 Å². The number of benzene rings is 3. The zero-order valence-corrected chi connectivity index (χ0v) is 23.1. The van der Waals surface area contributed by atoms with Crippen molar-refractivity contribution in [3.05, 3.63) is 115 Å². The fraction of sp³-hybridized carbons (Fsp3) is 0.156. The number of thioether (sulfide) groups is 1. The first kappa shape index (κ1) is 28.0. The Balaban J connectivity index is 1.18. The lowest BCUT2D eigenvalue weighted by atomic mass is 10.1. The molecule has 9 heteroatoms. The molecule has 2 N–H and O–H groups in total. The topological polar surface area (TPSA) is 73.9 Å². The maximum Gasteiger partial charge on any atom is 0.327 e. The average Bonchev–Trinajstić information content (AvgIpc) is 3.44. The third kappa shape index (κ3) is 7.37. The number of unbranched alkanes of at least 4 members (excludes halogenated alkanes) is 2. The summed E-state index contributed by atoms with van der Waals surface area (Å²) >= 11 is 1.67. The number of halogens is 2. The van der Waals surface area contributed by atoms with Crippen molar-refractivity contribution in [2.75, 3.05) is 22.5 Å². The van der Waals surface area contributed by atoms with Gasteiger partial charge in [0.05, 0.1) is 17.1 Å². The summed E-state index contributed by atoms with van der Waals surface area (Å²) in [5, 5.41) is 3.39. The van der Waals surface area contributed by atoms with Crippen molar-refractivity contribution >= 4 is 29.3 Å². The van der Waals surface area contributed by atoms with Gasteiger partial charge in [0, 0.05) is 35.7 Å². The number of pyridine rings is 1. The summed E-state index contributed by atoms with van der Waals surface area (Å²) in [6.07, 6.45) is 4.10. The molecule has 5 rings (SSSR count). The Kier molecular flexibility index (Phi) is 9.38. The van der Waals surface area contributed by atoms with E-state index in [1.54, 1.807) is 36.2 Å². The second kappa shape index (κ2) is 13.7. The molecular weight excluding hydrogens is 540 g/mol. The van der Waals surface area contributed by atoms with Crippen LogP contribution in [0.15, 0.2) is 108 Å². The van der Waals surface area contributed by atoms with Gasteiger partial charge in [-0.1, -0.05) is 84.9 Å². The van der Waals surface area contributed by atoms with Gasteiger partial charge in [-0.15, -0.1) is 0 Å². The minimum atomic E-state index is -0.833. The first-order chi connectivity index (χ1) is 20.1. The second-order valence-corrected chi connectivity index (χ2v) is 10.4. The molecule has 0 radical (unpaired) electrons. The van der Waals surface area contributed by atoms with Crippen LogP contribution in [0.5, 0.6) is 0 Å². The number of H-pyrrole nitrogens is 1. The SMILES string of the molecule is O=C(Nc1ccc(F)cc1F)N(CCCCCSc1nc(-c2ccccc2)c(-c2ccccc2)[nH]1)c1ccccn1. The second-order valence-electron chi connectivity index (χ2n) is 9.30. The molecule has 0 saturated heterocycles. The van der Waals surface area contributed by atoms with E-state index in [-0.39, 0.29) is 5.69 Å². The van der Waals surface area contributed by atoms with Crippen molar-refractivity contribution < 1.29 is 13.6 Å². The van der Waals surface area contributed by atoms with E-state index in [9.17, 15) is 13.6 Å². The summed E-state index contributed by atoms with van der Waals surface area (Å²) in [4.78, 5) is 27.2. The Morgan fingerprint density at radius 2 is 1.59 bits per heavy atom. The number of amides is 2. The molecule has 41 heavy (non-hydrogen) atoms. The normalized spacial score (nSPS) is 10.9. The van der Waals surface area contributed by atoms with Gasteiger partial charge in [0.15, 0.2) is 5.16 Å². The number of carbonyl (C=O) groups is 1. The molecule has 0 spiro atoms. The molecule has 0 aliphatic heterocycles. The van der Waals surface area contributed by atoms with Gasteiger partial charge in [-0.25, -0.2) is 23.5 Å². The molecule has 5 aromatic rings. The Hall–Kier alpha value is -4.50. The number of aromatic nitrogens is 3. The summed E-state index contributed by atoms with van der Waals surface area (Å²) in [6, 6.07) is 28.1. The van der Waals surface area contributed by atoms with Gasteiger partial charge in [0.2, 0.25) is 0 Å². The van der Waals surface area contributed by atoms with Crippen molar-refractivity contribution in [2.45, 2.75) is 24.4 Å². The van der Waals surface area contributed by atoms with E-state index in [0.717, 1.165) is 64.8 Å². The first-order valence-electron chi connectivity index (χ1n) is 13.4. The van der Waals surface area contributed by atoms with Crippen LogP contribution in [0.1, 0.15) is 19.3 Å². The van der Waals surface area contributed by atoms with Crippen molar-refractivity contribution in [1.82, 2.24) is 15.0 Å². The van der Waals surface area contributed by atoms with Crippen molar-refractivity contribution in [3.63, 3.8) is 0 Å². The maximum absolute atomic E-state index is 14.1. The monoisotopic (exact) mass is 569 g/mol. The van der Waals surface area contributed by atoms with Crippen molar-refractivity contribution in [3.8, 4) is 22.5 Å². The quantitative estimate of drug-likeness (QED) is 0.124. The smallest absolute Gasteiger partial charge is 0.327 e. The summed E-state index contributed by atoms with van der Waals surface area (Å²) in [5.41, 5.74) is 3.97. The molecule has 0 aliphatic rings. The number of hydrogen-bond donors (Lipinski definition) is 2. The molecule has 2 aromatic heterocycles. The Morgan fingerprint density at radius 1 is 0.854 bits per heavy atom. The van der Waals surface area contributed by atoms with Gasteiger partial charge >= 0.3 is 6.03 Å². The Morgan fingerprint density at radius 3 is 2.29 bits per heavy atom. The molecule has 0 atom stereocenters. The first-order valence-corrected chi connectivity index (χ1v) is 14.4. The Labute approximate surface area is 241 Å². The highest BCUT2D eigenvalue weighted by atomic mass is 32.2.